The molecule has 0 aromatic rings. The molecule has 0 radical (unpaired) electrons. The van der Waals surface area contributed by atoms with Crippen LogP contribution in [0.5, 0.6) is 0 Å². The van der Waals surface area contributed by atoms with Gasteiger partial charge in [0, 0.05) is 45.0 Å². The van der Waals surface area contributed by atoms with Crippen LogP contribution < -0.4 is 0 Å². The Labute approximate surface area is 253 Å². The van der Waals surface area contributed by atoms with Crippen molar-refractivity contribution in [3.63, 3.8) is 0 Å². The van der Waals surface area contributed by atoms with Crippen molar-refractivity contribution in [2.75, 3.05) is 32.1 Å². The molecule has 0 aromatic heterocycles. The molecule has 0 heterocycles. The largest absolute Gasteiger partial charge is 0.502 e. The fourth-order valence-electron chi connectivity index (χ4n) is 5.02. The summed E-state index contributed by atoms with van der Waals surface area (Å²) in [6.45, 7) is 15.2. The summed E-state index contributed by atoms with van der Waals surface area (Å²) in [5.74, 6) is 0.177. The third kappa shape index (κ3) is 21.5. The normalized spacial score (nSPS) is 12.8. The Morgan fingerprint density at radius 1 is 0.675 bits per heavy atom. The van der Waals surface area contributed by atoms with Gasteiger partial charge < -0.3 is 13.3 Å². The molecule has 0 spiro atoms. The van der Waals surface area contributed by atoms with Crippen LogP contribution in [0.3, 0.4) is 0 Å². The highest BCUT2D eigenvalue weighted by atomic mass is 32.2. The van der Waals surface area contributed by atoms with Gasteiger partial charge in [0.05, 0.1) is 0 Å². The second-order valence-electron chi connectivity index (χ2n) is 11.0. The molecule has 6 nitrogen and oxygen atoms in total. The highest BCUT2D eigenvalue weighted by molar-refractivity contribution is 8.15. The number of unbranched alkanes of at least 4 members (excludes halogenated alkanes) is 14. The van der Waals surface area contributed by atoms with Crippen LogP contribution in [0.25, 0.3) is 0 Å². The maximum absolute atomic E-state index is 11.7. The van der Waals surface area contributed by atoms with E-state index in [4.69, 9.17) is 13.3 Å². The Hall–Kier alpha value is -0.253. The molecule has 0 saturated carbocycles. The first-order chi connectivity index (χ1) is 19.4. The molecule has 1 unspecified atom stereocenters. The molecule has 0 aliphatic heterocycles. The van der Waals surface area contributed by atoms with E-state index < -0.39 is 14.6 Å². The molecule has 0 aromatic carbocycles. The third-order valence-electron chi connectivity index (χ3n) is 7.34. The highest BCUT2D eigenvalue weighted by Gasteiger charge is 2.42. The molecule has 40 heavy (non-hydrogen) atoms. The zero-order valence-corrected chi connectivity index (χ0v) is 29.1. The van der Waals surface area contributed by atoms with Crippen molar-refractivity contribution >= 4 is 31.5 Å². The summed E-state index contributed by atoms with van der Waals surface area (Å²) in [6, 6.07) is 0.653. The number of rotatable bonds is 30. The summed E-state index contributed by atoms with van der Waals surface area (Å²) in [5, 5.41) is -0.378. The summed E-state index contributed by atoms with van der Waals surface area (Å²) in [7, 11) is -2.92. The van der Waals surface area contributed by atoms with Crippen molar-refractivity contribution in [2.24, 2.45) is 0 Å². The minimum atomic E-state index is -2.92. The molecule has 0 bridgehead atoms. The number of nitrogens with zero attached hydrogens (tertiary/aromatic N) is 1. The van der Waals surface area contributed by atoms with Gasteiger partial charge in [-0.05, 0) is 40.0 Å². The van der Waals surface area contributed by atoms with Crippen LogP contribution in [0.4, 0.5) is 0 Å². The number of hydrogen-bond donors (Lipinski definition) is 0. The van der Waals surface area contributed by atoms with Crippen LogP contribution in [-0.4, -0.2) is 62.9 Å². The Balaban J connectivity index is 5.02. The predicted molar refractivity (Wildman–Crippen MR) is 174 cm³/mol. The van der Waals surface area contributed by atoms with Crippen molar-refractivity contribution < 1.29 is 22.9 Å². The zero-order chi connectivity index (χ0) is 29.9. The van der Waals surface area contributed by atoms with Crippen molar-refractivity contribution in [2.45, 2.75) is 163 Å². The summed E-state index contributed by atoms with van der Waals surface area (Å²) in [5.41, 5.74) is 0. The smallest absolute Gasteiger partial charge is 0.374 e. The number of thioether (sulfide) groups is 1. The SMILES string of the molecule is CCCCCCCCCCN(CCCCCCCCCC)C(C)O[Si](CCCSC(=O)C(C)=O)(OCC)OCC. The molecule has 0 amide bonds. The Morgan fingerprint density at radius 3 is 1.50 bits per heavy atom. The fourth-order valence-corrected chi connectivity index (χ4v) is 8.73. The van der Waals surface area contributed by atoms with Crippen LogP contribution in [0.15, 0.2) is 0 Å². The van der Waals surface area contributed by atoms with E-state index in [0.717, 1.165) is 31.3 Å². The van der Waals surface area contributed by atoms with E-state index in [1.807, 2.05) is 13.8 Å². The minimum absolute atomic E-state index is 0.0784. The van der Waals surface area contributed by atoms with Crippen molar-refractivity contribution in [3.05, 3.63) is 0 Å². The van der Waals surface area contributed by atoms with Gasteiger partial charge in [0.15, 0.2) is 0 Å². The molecular weight excluding hydrogens is 539 g/mol. The van der Waals surface area contributed by atoms with Crippen molar-refractivity contribution in [1.82, 2.24) is 4.90 Å². The number of hydrogen-bond acceptors (Lipinski definition) is 7. The number of carbonyl (C=O) groups excluding carboxylic acids is 2. The first-order valence-corrected chi connectivity index (χ1v) is 19.6. The molecule has 8 heteroatoms. The Morgan fingerprint density at radius 2 is 1.10 bits per heavy atom. The maximum Gasteiger partial charge on any atom is 0.502 e. The van der Waals surface area contributed by atoms with Gasteiger partial charge in [-0.3, -0.25) is 14.5 Å². The van der Waals surface area contributed by atoms with Gasteiger partial charge in [0.2, 0.25) is 5.78 Å². The number of Topliss-reactive ketones (excluding diaryl/α,β-unsaturated/α-hetero) is 1. The average molecular weight is 604 g/mol. The van der Waals surface area contributed by atoms with Crippen LogP contribution in [-0.2, 0) is 22.9 Å². The van der Waals surface area contributed by atoms with Gasteiger partial charge in [-0.2, -0.15) is 0 Å². The van der Waals surface area contributed by atoms with E-state index in [2.05, 4.69) is 25.7 Å². The lowest BCUT2D eigenvalue weighted by Gasteiger charge is -2.37. The van der Waals surface area contributed by atoms with E-state index in [9.17, 15) is 9.59 Å². The molecule has 1 atom stereocenters. The summed E-state index contributed by atoms with van der Waals surface area (Å²) >= 11 is 1.09. The monoisotopic (exact) mass is 603 g/mol. The molecule has 0 saturated heterocycles. The van der Waals surface area contributed by atoms with Gasteiger partial charge in [0.25, 0.3) is 5.12 Å². The Bertz CT molecular complexity index is 584. The predicted octanol–water partition coefficient (Wildman–Crippen LogP) is 9.18. The molecule has 0 N–H and O–H groups in total. The molecule has 238 valence electrons. The lowest BCUT2D eigenvalue weighted by Crippen LogP contribution is -2.52. The second-order valence-corrected chi connectivity index (χ2v) is 14.8. The molecule has 0 aliphatic rings. The fraction of sp³-hybridized carbons (Fsp3) is 0.938. The van der Waals surface area contributed by atoms with E-state index in [1.54, 1.807) is 0 Å². The van der Waals surface area contributed by atoms with Gasteiger partial charge >= 0.3 is 8.80 Å². The minimum Gasteiger partial charge on any atom is -0.374 e. The highest BCUT2D eigenvalue weighted by Crippen LogP contribution is 2.24. The van der Waals surface area contributed by atoms with Crippen LogP contribution in [0, 0.1) is 0 Å². The number of ketones is 1. The molecule has 0 aliphatic carbocycles. The van der Waals surface area contributed by atoms with Gasteiger partial charge in [-0.25, -0.2) is 0 Å². The molecule has 0 rings (SSSR count). The third-order valence-corrected chi connectivity index (χ3v) is 11.5. The maximum atomic E-state index is 11.7. The second kappa shape index (κ2) is 27.6. The topological polar surface area (TPSA) is 65.1 Å². The standard InChI is InChI=1S/C32H65NO5SSi/c1-7-11-13-15-17-19-21-23-26-33(27-24-22-20-18-16-14-12-8-2)31(6)38-40(36-9-3,37-10-4)29-25-28-39-32(35)30(5)34/h31H,7-29H2,1-6H3. The van der Waals surface area contributed by atoms with Gasteiger partial charge in [-0.15, -0.1) is 0 Å². The lowest BCUT2D eigenvalue weighted by atomic mass is 10.1. The van der Waals surface area contributed by atoms with E-state index in [1.165, 1.54) is 110 Å². The summed E-state index contributed by atoms with van der Waals surface area (Å²) in [4.78, 5) is 25.5. The lowest BCUT2D eigenvalue weighted by molar-refractivity contribution is -0.130. The quantitative estimate of drug-likeness (QED) is 0.0351. The van der Waals surface area contributed by atoms with Crippen LogP contribution in [0.2, 0.25) is 6.04 Å². The van der Waals surface area contributed by atoms with Gasteiger partial charge in [-0.1, -0.05) is 116 Å². The van der Waals surface area contributed by atoms with Crippen molar-refractivity contribution in [1.29, 1.82) is 0 Å². The first kappa shape index (κ1) is 39.7. The first-order valence-electron chi connectivity index (χ1n) is 16.7. The number of carbonyl (C=O) groups is 2. The average Bonchev–Trinajstić information content (AvgIpc) is 2.92. The Kier molecular flexibility index (Phi) is 27.4. The van der Waals surface area contributed by atoms with E-state index >= 15 is 0 Å². The van der Waals surface area contributed by atoms with E-state index in [-0.39, 0.29) is 11.3 Å². The van der Waals surface area contributed by atoms with Crippen LogP contribution in [0.1, 0.15) is 151 Å². The summed E-state index contributed by atoms with van der Waals surface area (Å²) < 4.78 is 19.2. The molecule has 0 fully saturated rings. The van der Waals surface area contributed by atoms with Crippen LogP contribution >= 0.6 is 11.8 Å². The summed E-state index contributed by atoms with van der Waals surface area (Å²) in [6.07, 6.45) is 21.7. The van der Waals surface area contributed by atoms with Crippen molar-refractivity contribution in [3.8, 4) is 0 Å². The molecular formula is C32H65NO5SSi. The van der Waals surface area contributed by atoms with Gasteiger partial charge in [0.1, 0.15) is 6.23 Å². The van der Waals surface area contributed by atoms with E-state index in [0.29, 0.717) is 25.0 Å². The zero-order valence-electron chi connectivity index (χ0n) is 27.2.